The fraction of sp³-hybridized carbons (Fsp3) is 0.368. The average molecular weight is 366 g/mol. The van der Waals surface area contributed by atoms with Gasteiger partial charge in [-0.25, -0.2) is 18.9 Å². The lowest BCUT2D eigenvalue weighted by Gasteiger charge is -2.15. The van der Waals surface area contributed by atoms with Gasteiger partial charge in [0.25, 0.3) is 0 Å². The lowest BCUT2D eigenvalue weighted by molar-refractivity contribution is -0.117. The molecular formula is C19H22N6O2. The molecule has 3 heterocycles. The van der Waals surface area contributed by atoms with E-state index in [9.17, 15) is 9.59 Å². The minimum atomic E-state index is -0.342. The first-order valence-corrected chi connectivity index (χ1v) is 9.23. The van der Waals surface area contributed by atoms with Crippen LogP contribution in [0.5, 0.6) is 0 Å². The van der Waals surface area contributed by atoms with Crippen molar-refractivity contribution in [2.75, 3.05) is 23.3 Å². The number of rotatable bonds is 5. The summed E-state index contributed by atoms with van der Waals surface area (Å²) in [5.74, 6) is 0.409. The maximum atomic E-state index is 12.6. The zero-order valence-electron chi connectivity index (χ0n) is 15.3. The van der Waals surface area contributed by atoms with E-state index in [4.69, 9.17) is 0 Å². The summed E-state index contributed by atoms with van der Waals surface area (Å²) < 4.78 is 2.64. The molecule has 0 spiro atoms. The molecule has 1 aliphatic rings. The van der Waals surface area contributed by atoms with Crippen LogP contribution >= 0.6 is 0 Å². The van der Waals surface area contributed by atoms with Crippen molar-refractivity contribution in [2.24, 2.45) is 0 Å². The minimum Gasteiger partial charge on any atom is -0.353 e. The molecule has 8 heteroatoms. The van der Waals surface area contributed by atoms with Crippen molar-refractivity contribution in [1.82, 2.24) is 19.2 Å². The number of hydrogen-bond acceptors (Lipinski definition) is 5. The zero-order valence-corrected chi connectivity index (χ0v) is 15.3. The van der Waals surface area contributed by atoms with Gasteiger partial charge in [-0.1, -0.05) is 19.1 Å². The normalized spacial score (nSPS) is 14.0. The summed E-state index contributed by atoms with van der Waals surface area (Å²) in [7, 11) is 0. The highest BCUT2D eigenvalue weighted by Gasteiger charge is 2.20. The van der Waals surface area contributed by atoms with E-state index in [0.29, 0.717) is 11.5 Å². The summed E-state index contributed by atoms with van der Waals surface area (Å²) in [4.78, 5) is 31.6. The second kappa shape index (κ2) is 7.22. The van der Waals surface area contributed by atoms with E-state index >= 15 is 0 Å². The number of nitrogens with zero attached hydrogens (tertiary/aromatic N) is 5. The topological polar surface area (TPSA) is 84.5 Å². The minimum absolute atomic E-state index is 0.143. The molecule has 0 atom stereocenters. The van der Waals surface area contributed by atoms with Crippen molar-refractivity contribution in [3.05, 3.63) is 52.7 Å². The van der Waals surface area contributed by atoms with Crippen LogP contribution in [-0.4, -0.2) is 38.2 Å². The predicted molar refractivity (Wildman–Crippen MR) is 103 cm³/mol. The number of aromatic nitrogens is 4. The highest BCUT2D eigenvalue weighted by molar-refractivity contribution is 5.90. The molecule has 0 aliphatic carbocycles. The third-order valence-electron chi connectivity index (χ3n) is 4.80. The molecule has 1 amide bonds. The fourth-order valence-electron chi connectivity index (χ4n) is 3.40. The standard InChI is InChI=1S/C19H22N6O2/c1-2-14-6-5-7-15(12-14)21-16(26)13-25-19(27)24-11-8-20-17(18(24)22-25)23-9-3-4-10-23/h5-8,11-12H,2-4,9-10,13H2,1H3,(H,21,26). The average Bonchev–Trinajstić information content (AvgIpc) is 3.31. The van der Waals surface area contributed by atoms with E-state index in [1.54, 1.807) is 12.4 Å². The van der Waals surface area contributed by atoms with Crippen LogP contribution in [0.3, 0.4) is 0 Å². The molecule has 1 saturated heterocycles. The van der Waals surface area contributed by atoms with E-state index in [1.165, 1.54) is 9.08 Å². The van der Waals surface area contributed by atoms with Gasteiger partial charge in [0, 0.05) is 31.2 Å². The molecule has 2 aromatic heterocycles. The Morgan fingerprint density at radius 2 is 2.07 bits per heavy atom. The molecule has 0 bridgehead atoms. The monoisotopic (exact) mass is 366 g/mol. The van der Waals surface area contributed by atoms with Gasteiger partial charge in [-0.05, 0) is 37.0 Å². The van der Waals surface area contributed by atoms with Crippen molar-refractivity contribution in [2.45, 2.75) is 32.7 Å². The van der Waals surface area contributed by atoms with E-state index in [2.05, 4.69) is 27.2 Å². The van der Waals surface area contributed by atoms with Crippen molar-refractivity contribution in [3.8, 4) is 0 Å². The number of hydrogen-bond donors (Lipinski definition) is 1. The van der Waals surface area contributed by atoms with Gasteiger partial charge in [0.2, 0.25) is 11.6 Å². The number of nitrogens with one attached hydrogen (secondary N) is 1. The zero-order chi connectivity index (χ0) is 18.8. The number of carbonyl (C=O) groups excluding carboxylic acids is 1. The van der Waals surface area contributed by atoms with E-state index in [1.807, 2.05) is 24.3 Å². The van der Waals surface area contributed by atoms with E-state index in [0.717, 1.165) is 43.6 Å². The van der Waals surface area contributed by atoms with Crippen LogP contribution in [0.4, 0.5) is 11.5 Å². The number of fused-ring (bicyclic) bond motifs is 1. The molecule has 1 aromatic carbocycles. The van der Waals surface area contributed by atoms with Crippen LogP contribution in [0.25, 0.3) is 5.65 Å². The van der Waals surface area contributed by atoms with E-state index < -0.39 is 0 Å². The lowest BCUT2D eigenvalue weighted by Crippen LogP contribution is -2.28. The predicted octanol–water partition coefficient (Wildman–Crippen LogP) is 1.69. The molecule has 0 unspecified atom stereocenters. The summed E-state index contributed by atoms with van der Waals surface area (Å²) in [5.41, 5.74) is 2.00. The number of aryl methyl sites for hydroxylation is 1. The van der Waals surface area contributed by atoms with E-state index in [-0.39, 0.29) is 18.1 Å². The molecule has 1 aliphatic heterocycles. The summed E-state index contributed by atoms with van der Waals surface area (Å²) in [6.45, 7) is 3.73. The third-order valence-corrected chi connectivity index (χ3v) is 4.80. The number of amides is 1. The van der Waals surface area contributed by atoms with Gasteiger partial charge < -0.3 is 10.2 Å². The molecule has 8 nitrogen and oxygen atoms in total. The Kier molecular flexibility index (Phi) is 4.62. The Balaban J connectivity index is 1.58. The van der Waals surface area contributed by atoms with Crippen molar-refractivity contribution < 1.29 is 4.79 Å². The van der Waals surface area contributed by atoms with Gasteiger partial charge in [-0.15, -0.1) is 5.10 Å². The summed E-state index contributed by atoms with van der Waals surface area (Å²) in [6.07, 6.45) is 6.29. The third kappa shape index (κ3) is 3.42. The summed E-state index contributed by atoms with van der Waals surface area (Å²) in [6, 6.07) is 7.67. The highest BCUT2D eigenvalue weighted by Crippen LogP contribution is 2.20. The molecule has 0 saturated carbocycles. The van der Waals surface area contributed by atoms with Crippen LogP contribution in [0.2, 0.25) is 0 Å². The van der Waals surface area contributed by atoms with Crippen molar-refractivity contribution in [3.63, 3.8) is 0 Å². The first kappa shape index (κ1) is 17.3. The SMILES string of the molecule is CCc1cccc(NC(=O)Cn2nc3c(N4CCCC4)nccn3c2=O)c1. The van der Waals surface area contributed by atoms with Crippen molar-refractivity contribution in [1.29, 1.82) is 0 Å². The fourth-order valence-corrected chi connectivity index (χ4v) is 3.40. The van der Waals surface area contributed by atoms with Gasteiger partial charge >= 0.3 is 5.69 Å². The Labute approximate surface area is 156 Å². The van der Waals surface area contributed by atoms with Crippen LogP contribution in [0.15, 0.2) is 41.5 Å². The summed E-state index contributed by atoms with van der Waals surface area (Å²) >= 11 is 0. The molecule has 27 heavy (non-hydrogen) atoms. The van der Waals surface area contributed by atoms with Gasteiger partial charge in [-0.2, -0.15) is 0 Å². The van der Waals surface area contributed by atoms with Gasteiger partial charge in [0.15, 0.2) is 5.82 Å². The van der Waals surface area contributed by atoms with Crippen LogP contribution < -0.4 is 15.9 Å². The summed E-state index contributed by atoms with van der Waals surface area (Å²) in [5, 5.41) is 7.21. The molecule has 1 fully saturated rings. The molecule has 3 aromatic rings. The lowest BCUT2D eigenvalue weighted by atomic mass is 10.1. The molecule has 140 valence electrons. The Morgan fingerprint density at radius 1 is 1.26 bits per heavy atom. The molecular weight excluding hydrogens is 344 g/mol. The quantitative estimate of drug-likeness (QED) is 0.743. The second-order valence-electron chi connectivity index (χ2n) is 6.68. The Bertz CT molecular complexity index is 1030. The van der Waals surface area contributed by atoms with Gasteiger partial charge in [0.05, 0.1) is 0 Å². The molecule has 0 radical (unpaired) electrons. The molecule has 1 N–H and O–H groups in total. The maximum absolute atomic E-state index is 12.6. The van der Waals surface area contributed by atoms with Crippen LogP contribution in [-0.2, 0) is 17.8 Å². The van der Waals surface area contributed by atoms with Gasteiger partial charge in [0.1, 0.15) is 6.54 Å². The Hall–Kier alpha value is -3.16. The first-order valence-electron chi connectivity index (χ1n) is 9.23. The second-order valence-corrected chi connectivity index (χ2v) is 6.68. The smallest absolute Gasteiger partial charge is 0.350 e. The highest BCUT2D eigenvalue weighted by atomic mass is 16.2. The number of carbonyl (C=O) groups is 1. The molecule has 4 rings (SSSR count). The van der Waals surface area contributed by atoms with Crippen LogP contribution in [0, 0.1) is 0 Å². The van der Waals surface area contributed by atoms with Crippen LogP contribution in [0.1, 0.15) is 25.3 Å². The van der Waals surface area contributed by atoms with Gasteiger partial charge in [-0.3, -0.25) is 4.79 Å². The van der Waals surface area contributed by atoms with Crippen molar-refractivity contribution >= 4 is 23.1 Å². The maximum Gasteiger partial charge on any atom is 0.350 e. The first-order chi connectivity index (χ1) is 13.2. The largest absolute Gasteiger partial charge is 0.353 e. The number of anilines is 2. The number of benzene rings is 1. The Morgan fingerprint density at radius 3 is 2.85 bits per heavy atom.